The van der Waals surface area contributed by atoms with Crippen LogP contribution in [0.4, 0.5) is 4.39 Å². The van der Waals surface area contributed by atoms with Crippen LogP contribution in [0.1, 0.15) is 16.8 Å². The van der Waals surface area contributed by atoms with Gasteiger partial charge in [0.25, 0.3) is 5.91 Å². The van der Waals surface area contributed by atoms with E-state index in [1.54, 1.807) is 4.90 Å². The van der Waals surface area contributed by atoms with Gasteiger partial charge in [-0.25, -0.2) is 4.39 Å². The summed E-state index contributed by atoms with van der Waals surface area (Å²) in [7, 11) is 0. The molecule has 1 saturated heterocycles. The first-order valence-corrected chi connectivity index (χ1v) is 6.15. The van der Waals surface area contributed by atoms with Gasteiger partial charge in [-0.15, -0.1) is 12.4 Å². The van der Waals surface area contributed by atoms with Crippen LogP contribution in [0, 0.1) is 9.39 Å². The van der Waals surface area contributed by atoms with Crippen molar-refractivity contribution in [1.82, 2.24) is 4.90 Å². The minimum atomic E-state index is -0.320. The molecular formula is C11H13ClFIN2O. The highest BCUT2D eigenvalue weighted by atomic mass is 127. The third-order valence-electron chi connectivity index (χ3n) is 2.67. The summed E-state index contributed by atoms with van der Waals surface area (Å²) < 4.78 is 13.5. The van der Waals surface area contributed by atoms with Crippen LogP contribution < -0.4 is 5.73 Å². The summed E-state index contributed by atoms with van der Waals surface area (Å²) in [4.78, 5) is 13.8. The van der Waals surface area contributed by atoms with Gasteiger partial charge in [-0.2, -0.15) is 0 Å². The Kier molecular flexibility index (Phi) is 5.15. The number of hydrogen-bond donors (Lipinski definition) is 1. The molecule has 0 spiro atoms. The Bertz CT molecular complexity index is 430. The van der Waals surface area contributed by atoms with Crippen LogP contribution in [0.2, 0.25) is 0 Å². The standard InChI is InChI=1S/C11H12FIN2O.ClH/c12-7-1-2-9(10(13)5-7)11(16)15-4-3-8(14)6-15;/h1-2,5,8H,3-4,6,14H2;1H. The quantitative estimate of drug-likeness (QED) is 0.769. The molecule has 6 heteroatoms. The molecule has 1 heterocycles. The van der Waals surface area contributed by atoms with Gasteiger partial charge < -0.3 is 10.6 Å². The van der Waals surface area contributed by atoms with Gasteiger partial charge in [0.2, 0.25) is 0 Å². The van der Waals surface area contributed by atoms with Crippen molar-refractivity contribution in [3.8, 4) is 0 Å². The first-order valence-electron chi connectivity index (χ1n) is 5.08. The lowest BCUT2D eigenvalue weighted by atomic mass is 10.2. The van der Waals surface area contributed by atoms with E-state index in [2.05, 4.69) is 0 Å². The maximum absolute atomic E-state index is 12.9. The minimum absolute atomic E-state index is 0. The summed E-state index contributed by atoms with van der Waals surface area (Å²) in [5.41, 5.74) is 6.30. The van der Waals surface area contributed by atoms with E-state index in [0.29, 0.717) is 22.2 Å². The molecule has 2 N–H and O–H groups in total. The number of nitrogens with zero attached hydrogens (tertiary/aromatic N) is 1. The highest BCUT2D eigenvalue weighted by molar-refractivity contribution is 14.1. The topological polar surface area (TPSA) is 46.3 Å². The molecule has 1 aliphatic rings. The molecule has 0 saturated carbocycles. The lowest BCUT2D eigenvalue weighted by Crippen LogP contribution is -2.32. The van der Waals surface area contributed by atoms with Crippen molar-refractivity contribution in [2.75, 3.05) is 13.1 Å². The minimum Gasteiger partial charge on any atom is -0.337 e. The maximum atomic E-state index is 12.9. The van der Waals surface area contributed by atoms with Gasteiger partial charge in [0, 0.05) is 22.7 Å². The SMILES string of the molecule is Cl.NC1CCN(C(=O)c2ccc(F)cc2I)C1. The van der Waals surface area contributed by atoms with Crippen molar-refractivity contribution in [3.05, 3.63) is 33.1 Å². The summed E-state index contributed by atoms with van der Waals surface area (Å²) >= 11 is 1.97. The van der Waals surface area contributed by atoms with E-state index in [0.717, 1.165) is 6.42 Å². The van der Waals surface area contributed by atoms with Crippen molar-refractivity contribution in [3.63, 3.8) is 0 Å². The molecule has 1 aromatic carbocycles. The molecule has 1 atom stereocenters. The molecule has 0 aliphatic carbocycles. The first kappa shape index (κ1) is 14.7. The van der Waals surface area contributed by atoms with Crippen LogP contribution in [0.25, 0.3) is 0 Å². The van der Waals surface area contributed by atoms with Gasteiger partial charge in [0.1, 0.15) is 5.82 Å². The molecule has 17 heavy (non-hydrogen) atoms. The largest absolute Gasteiger partial charge is 0.337 e. The molecule has 2 rings (SSSR count). The fraction of sp³-hybridized carbons (Fsp3) is 0.364. The number of benzene rings is 1. The molecule has 1 aromatic rings. The maximum Gasteiger partial charge on any atom is 0.254 e. The third-order valence-corrected chi connectivity index (χ3v) is 3.57. The van der Waals surface area contributed by atoms with E-state index in [1.807, 2.05) is 22.6 Å². The Morgan fingerprint density at radius 2 is 2.24 bits per heavy atom. The third kappa shape index (κ3) is 3.29. The zero-order chi connectivity index (χ0) is 11.7. The average Bonchev–Trinajstić information content (AvgIpc) is 2.64. The number of hydrogen-bond acceptors (Lipinski definition) is 2. The molecule has 0 aromatic heterocycles. The summed E-state index contributed by atoms with van der Waals surface area (Å²) in [6.45, 7) is 1.28. The van der Waals surface area contributed by atoms with Crippen LogP contribution in [0.15, 0.2) is 18.2 Å². The molecule has 1 aliphatic heterocycles. The van der Waals surface area contributed by atoms with Gasteiger partial charge in [-0.1, -0.05) is 0 Å². The van der Waals surface area contributed by atoms with E-state index < -0.39 is 0 Å². The Balaban J connectivity index is 0.00000144. The summed E-state index contributed by atoms with van der Waals surface area (Å²) in [5, 5.41) is 0. The van der Waals surface area contributed by atoms with Crippen molar-refractivity contribution in [2.24, 2.45) is 5.73 Å². The number of likely N-dealkylation sites (tertiary alicyclic amines) is 1. The van der Waals surface area contributed by atoms with E-state index in [4.69, 9.17) is 5.73 Å². The van der Waals surface area contributed by atoms with E-state index >= 15 is 0 Å². The second kappa shape index (κ2) is 5.97. The van der Waals surface area contributed by atoms with Gasteiger partial charge in [-0.05, 0) is 47.2 Å². The Morgan fingerprint density at radius 1 is 1.53 bits per heavy atom. The molecule has 3 nitrogen and oxygen atoms in total. The molecule has 1 fully saturated rings. The van der Waals surface area contributed by atoms with Crippen molar-refractivity contribution in [1.29, 1.82) is 0 Å². The predicted octanol–water partition coefficient (Wildman–Crippen LogP) is 2.03. The molecule has 94 valence electrons. The van der Waals surface area contributed by atoms with Crippen LogP contribution in [0.3, 0.4) is 0 Å². The van der Waals surface area contributed by atoms with Crippen LogP contribution in [0.5, 0.6) is 0 Å². The fourth-order valence-electron chi connectivity index (χ4n) is 1.81. The Hall–Kier alpha value is -0.400. The number of halogens is 3. The highest BCUT2D eigenvalue weighted by Crippen LogP contribution is 2.18. The lowest BCUT2D eigenvalue weighted by Gasteiger charge is -2.16. The fourth-order valence-corrected chi connectivity index (χ4v) is 2.51. The van der Waals surface area contributed by atoms with E-state index in [9.17, 15) is 9.18 Å². The number of carbonyl (C=O) groups is 1. The normalized spacial score (nSPS) is 19.0. The summed E-state index contributed by atoms with van der Waals surface area (Å²) in [6, 6.07) is 4.28. The molecule has 1 unspecified atom stereocenters. The summed E-state index contributed by atoms with van der Waals surface area (Å²) in [5.74, 6) is -0.378. The molecule has 0 radical (unpaired) electrons. The lowest BCUT2D eigenvalue weighted by molar-refractivity contribution is 0.0790. The number of carbonyl (C=O) groups excluding carboxylic acids is 1. The Morgan fingerprint density at radius 3 is 2.76 bits per heavy atom. The Labute approximate surface area is 119 Å². The van der Waals surface area contributed by atoms with Gasteiger partial charge in [-0.3, -0.25) is 4.79 Å². The molecular weight excluding hydrogens is 357 g/mol. The zero-order valence-electron chi connectivity index (χ0n) is 9.03. The summed E-state index contributed by atoms with van der Waals surface area (Å²) in [6.07, 6.45) is 0.837. The van der Waals surface area contributed by atoms with Crippen LogP contribution in [-0.2, 0) is 0 Å². The van der Waals surface area contributed by atoms with E-state index in [1.165, 1.54) is 18.2 Å². The second-order valence-electron chi connectivity index (χ2n) is 3.92. The first-order chi connectivity index (χ1) is 7.58. The van der Waals surface area contributed by atoms with Gasteiger partial charge >= 0.3 is 0 Å². The molecule has 0 bridgehead atoms. The van der Waals surface area contributed by atoms with Crippen LogP contribution >= 0.6 is 35.0 Å². The van der Waals surface area contributed by atoms with Gasteiger partial charge in [0.05, 0.1) is 5.56 Å². The zero-order valence-corrected chi connectivity index (χ0v) is 12.0. The highest BCUT2D eigenvalue weighted by Gasteiger charge is 2.25. The number of rotatable bonds is 1. The predicted molar refractivity (Wildman–Crippen MR) is 74.9 cm³/mol. The van der Waals surface area contributed by atoms with E-state index in [-0.39, 0.29) is 30.2 Å². The second-order valence-corrected chi connectivity index (χ2v) is 5.09. The van der Waals surface area contributed by atoms with Crippen molar-refractivity contribution >= 4 is 40.9 Å². The van der Waals surface area contributed by atoms with Crippen molar-refractivity contribution < 1.29 is 9.18 Å². The average molecular weight is 371 g/mol. The molecule has 1 amide bonds. The van der Waals surface area contributed by atoms with Crippen molar-refractivity contribution in [2.45, 2.75) is 12.5 Å². The smallest absolute Gasteiger partial charge is 0.254 e. The number of amides is 1. The monoisotopic (exact) mass is 370 g/mol. The van der Waals surface area contributed by atoms with Crippen LogP contribution in [-0.4, -0.2) is 29.9 Å². The number of nitrogens with two attached hydrogens (primary N) is 1. The van der Waals surface area contributed by atoms with Gasteiger partial charge in [0.15, 0.2) is 0 Å².